The smallest absolute Gasteiger partial charge is 0.308 e. The third-order valence-electron chi connectivity index (χ3n) is 4.64. The van der Waals surface area contributed by atoms with Gasteiger partial charge in [-0.3, -0.25) is 14.5 Å². The molecule has 23 heavy (non-hydrogen) atoms. The number of carbonyl (C=O) groups is 1. The summed E-state index contributed by atoms with van der Waals surface area (Å²) in [6.45, 7) is 3.61. The van der Waals surface area contributed by atoms with Crippen LogP contribution in [0.4, 0.5) is 0 Å². The molecule has 0 spiro atoms. The van der Waals surface area contributed by atoms with Gasteiger partial charge in [0.15, 0.2) is 0 Å². The topological polar surface area (TPSA) is 75.3 Å². The zero-order valence-corrected chi connectivity index (χ0v) is 13.4. The van der Waals surface area contributed by atoms with Gasteiger partial charge in [-0.2, -0.15) is 0 Å². The van der Waals surface area contributed by atoms with Crippen molar-refractivity contribution in [2.45, 2.75) is 25.8 Å². The quantitative estimate of drug-likeness (QED) is 0.875. The number of H-pyrrole nitrogens is 1. The molecule has 0 bridgehead atoms. The van der Waals surface area contributed by atoms with Crippen molar-refractivity contribution in [1.29, 1.82) is 0 Å². The molecule has 2 heterocycles. The number of rotatable bonds is 3. The van der Waals surface area contributed by atoms with Gasteiger partial charge >= 0.3 is 5.97 Å². The normalized spacial score (nSPS) is 18.0. The molecule has 1 aliphatic rings. The molecular weight excluding hydrogens is 294 g/mol. The number of para-hydroxylation sites is 1. The Kier molecular flexibility index (Phi) is 4.43. The van der Waals surface area contributed by atoms with Crippen molar-refractivity contribution in [2.24, 2.45) is 5.92 Å². The van der Waals surface area contributed by atoms with Crippen molar-refractivity contribution in [3.8, 4) is 0 Å². The molecule has 1 atom stereocenters. The average Bonchev–Trinajstić information content (AvgIpc) is 2.60. The van der Waals surface area contributed by atoms with Crippen LogP contribution >= 0.6 is 0 Å². The van der Waals surface area contributed by atoms with Gasteiger partial charge in [0.1, 0.15) is 5.82 Å². The molecule has 1 aromatic carbocycles. The van der Waals surface area contributed by atoms with Crippen LogP contribution in [-0.4, -0.2) is 41.0 Å². The third-order valence-corrected chi connectivity index (χ3v) is 4.64. The lowest BCUT2D eigenvalue weighted by Gasteiger charge is -2.34. The highest BCUT2D eigenvalue weighted by atomic mass is 16.5. The van der Waals surface area contributed by atoms with Gasteiger partial charge in [0.05, 0.1) is 30.0 Å². The van der Waals surface area contributed by atoms with Gasteiger partial charge in [-0.05, 0) is 45.0 Å². The number of fused-ring (bicyclic) bond motifs is 1. The molecule has 0 amide bonds. The van der Waals surface area contributed by atoms with Gasteiger partial charge in [-0.1, -0.05) is 12.1 Å². The van der Waals surface area contributed by atoms with Gasteiger partial charge in [0.25, 0.3) is 5.56 Å². The van der Waals surface area contributed by atoms with E-state index in [-0.39, 0.29) is 23.5 Å². The predicted molar refractivity (Wildman–Crippen MR) is 87.1 cm³/mol. The van der Waals surface area contributed by atoms with E-state index in [1.807, 2.05) is 25.1 Å². The number of aromatic nitrogens is 2. The zero-order chi connectivity index (χ0) is 16.4. The molecule has 6 nitrogen and oxygen atoms in total. The van der Waals surface area contributed by atoms with Crippen LogP contribution in [-0.2, 0) is 9.53 Å². The first-order valence-electron chi connectivity index (χ1n) is 7.91. The molecule has 1 aromatic heterocycles. The van der Waals surface area contributed by atoms with E-state index in [4.69, 9.17) is 4.74 Å². The predicted octanol–water partition coefficient (Wildman–Crippen LogP) is 1.87. The summed E-state index contributed by atoms with van der Waals surface area (Å²) in [6, 6.07) is 7.35. The molecule has 3 rings (SSSR count). The van der Waals surface area contributed by atoms with E-state index in [0.29, 0.717) is 16.7 Å². The SMILES string of the molecule is COC(=O)C1CCN(C(C)c2nc3ccccc3c(=O)[nH]2)CC1. The Labute approximate surface area is 134 Å². The lowest BCUT2D eigenvalue weighted by atomic mass is 9.96. The Balaban J connectivity index is 1.78. The second-order valence-electron chi connectivity index (χ2n) is 5.98. The van der Waals surface area contributed by atoms with Crippen molar-refractivity contribution >= 4 is 16.9 Å². The monoisotopic (exact) mass is 315 g/mol. The number of aromatic amines is 1. The van der Waals surface area contributed by atoms with Crippen LogP contribution < -0.4 is 5.56 Å². The molecule has 1 N–H and O–H groups in total. The third kappa shape index (κ3) is 3.12. The Hall–Kier alpha value is -2.21. The van der Waals surface area contributed by atoms with Crippen molar-refractivity contribution in [3.05, 3.63) is 40.4 Å². The molecule has 6 heteroatoms. The Morgan fingerprint density at radius 2 is 2.04 bits per heavy atom. The molecule has 0 radical (unpaired) electrons. The molecular formula is C17H21N3O3. The molecule has 0 aliphatic carbocycles. The maximum atomic E-state index is 12.2. The van der Waals surface area contributed by atoms with Crippen molar-refractivity contribution in [3.63, 3.8) is 0 Å². The lowest BCUT2D eigenvalue weighted by Crippen LogP contribution is -2.39. The summed E-state index contributed by atoms with van der Waals surface area (Å²) in [5.74, 6) is 0.520. The minimum absolute atomic E-state index is 0.00547. The van der Waals surface area contributed by atoms with E-state index in [1.54, 1.807) is 6.07 Å². The van der Waals surface area contributed by atoms with E-state index in [9.17, 15) is 9.59 Å². The maximum absolute atomic E-state index is 12.2. The summed E-state index contributed by atoms with van der Waals surface area (Å²) >= 11 is 0. The van der Waals surface area contributed by atoms with Crippen molar-refractivity contribution in [2.75, 3.05) is 20.2 Å². The minimum atomic E-state index is -0.130. The van der Waals surface area contributed by atoms with Crippen LogP contribution in [0.3, 0.4) is 0 Å². The van der Waals surface area contributed by atoms with Crippen LogP contribution in [0.25, 0.3) is 10.9 Å². The number of piperidine rings is 1. The summed E-state index contributed by atoms with van der Waals surface area (Å²) in [6.07, 6.45) is 1.55. The summed E-state index contributed by atoms with van der Waals surface area (Å²) < 4.78 is 4.82. The van der Waals surface area contributed by atoms with Gasteiger partial charge in [-0.25, -0.2) is 4.98 Å². The van der Waals surface area contributed by atoms with Gasteiger partial charge < -0.3 is 9.72 Å². The first-order valence-corrected chi connectivity index (χ1v) is 7.91. The van der Waals surface area contributed by atoms with Crippen LogP contribution in [0.1, 0.15) is 31.6 Å². The molecule has 122 valence electrons. The fraction of sp³-hybridized carbons (Fsp3) is 0.471. The van der Waals surface area contributed by atoms with Gasteiger partial charge in [0, 0.05) is 0 Å². The van der Waals surface area contributed by atoms with E-state index < -0.39 is 0 Å². The Bertz CT molecular complexity index is 763. The number of esters is 1. The highest BCUT2D eigenvalue weighted by molar-refractivity contribution is 5.77. The highest BCUT2D eigenvalue weighted by Gasteiger charge is 2.29. The fourth-order valence-electron chi connectivity index (χ4n) is 3.16. The zero-order valence-electron chi connectivity index (χ0n) is 13.4. The molecule has 1 fully saturated rings. The average molecular weight is 315 g/mol. The highest BCUT2D eigenvalue weighted by Crippen LogP contribution is 2.25. The molecule has 1 saturated heterocycles. The number of hydrogen-bond donors (Lipinski definition) is 1. The van der Waals surface area contributed by atoms with Crippen molar-refractivity contribution in [1.82, 2.24) is 14.9 Å². The number of hydrogen-bond acceptors (Lipinski definition) is 5. The van der Waals surface area contributed by atoms with Crippen LogP contribution in [0.5, 0.6) is 0 Å². The second kappa shape index (κ2) is 6.50. The first-order chi connectivity index (χ1) is 11.1. The number of nitrogens with one attached hydrogen (secondary N) is 1. The van der Waals surface area contributed by atoms with Gasteiger partial charge in [0.2, 0.25) is 0 Å². The van der Waals surface area contributed by atoms with Crippen LogP contribution in [0, 0.1) is 5.92 Å². The Morgan fingerprint density at radius 3 is 2.74 bits per heavy atom. The summed E-state index contributed by atoms with van der Waals surface area (Å²) in [5.41, 5.74) is 0.601. The number of nitrogens with zero attached hydrogens (tertiary/aromatic N) is 2. The first kappa shape index (κ1) is 15.7. The summed E-state index contributed by atoms with van der Waals surface area (Å²) in [7, 11) is 1.43. The van der Waals surface area contributed by atoms with Gasteiger partial charge in [-0.15, -0.1) is 0 Å². The Morgan fingerprint density at radius 1 is 1.35 bits per heavy atom. The number of carbonyl (C=O) groups excluding carboxylic acids is 1. The fourth-order valence-corrected chi connectivity index (χ4v) is 3.16. The van der Waals surface area contributed by atoms with E-state index in [2.05, 4.69) is 14.9 Å². The van der Waals surface area contributed by atoms with E-state index in [1.165, 1.54) is 7.11 Å². The molecule has 2 aromatic rings. The molecule has 0 saturated carbocycles. The molecule has 1 unspecified atom stereocenters. The summed E-state index contributed by atoms with van der Waals surface area (Å²) in [4.78, 5) is 33.5. The number of methoxy groups -OCH3 is 1. The number of likely N-dealkylation sites (tertiary alicyclic amines) is 1. The standard InChI is InChI=1S/C17H21N3O3/c1-11(20-9-7-12(8-10-20)17(22)23-2)15-18-14-6-4-3-5-13(14)16(21)19-15/h3-6,11-12H,7-10H2,1-2H3,(H,18,19,21). The second-order valence-corrected chi connectivity index (χ2v) is 5.98. The summed E-state index contributed by atoms with van der Waals surface area (Å²) in [5, 5.41) is 0.604. The maximum Gasteiger partial charge on any atom is 0.308 e. The largest absolute Gasteiger partial charge is 0.469 e. The lowest BCUT2D eigenvalue weighted by molar-refractivity contribution is -0.147. The van der Waals surface area contributed by atoms with Crippen LogP contribution in [0.2, 0.25) is 0 Å². The number of ether oxygens (including phenoxy) is 1. The van der Waals surface area contributed by atoms with Crippen LogP contribution in [0.15, 0.2) is 29.1 Å². The van der Waals surface area contributed by atoms with Crippen molar-refractivity contribution < 1.29 is 9.53 Å². The minimum Gasteiger partial charge on any atom is -0.469 e. The molecule has 1 aliphatic heterocycles. The number of benzene rings is 1. The van der Waals surface area contributed by atoms with E-state index >= 15 is 0 Å². The van der Waals surface area contributed by atoms with E-state index in [0.717, 1.165) is 25.9 Å².